The Hall–Kier alpha value is -1.55. The summed E-state index contributed by atoms with van der Waals surface area (Å²) >= 11 is 0.590. The van der Waals surface area contributed by atoms with Gasteiger partial charge >= 0.3 is 0 Å². The Morgan fingerprint density at radius 1 is 0.905 bits per heavy atom. The average molecular weight is 307 g/mol. The van der Waals surface area contributed by atoms with Crippen molar-refractivity contribution < 1.29 is 8.78 Å². The molecule has 0 heterocycles. The van der Waals surface area contributed by atoms with Crippen LogP contribution in [0.25, 0.3) is 0 Å². The minimum atomic E-state index is -2.38. The van der Waals surface area contributed by atoms with E-state index < -0.39 is 5.76 Å². The van der Waals surface area contributed by atoms with Crippen molar-refractivity contribution >= 4 is 17.4 Å². The molecule has 1 N–H and O–H groups in total. The van der Waals surface area contributed by atoms with Crippen LogP contribution in [0.4, 0.5) is 14.5 Å². The van der Waals surface area contributed by atoms with Gasteiger partial charge in [-0.05, 0) is 37.0 Å². The maximum absolute atomic E-state index is 12.5. The van der Waals surface area contributed by atoms with Gasteiger partial charge in [0.05, 0.1) is 0 Å². The molecule has 0 saturated heterocycles. The highest BCUT2D eigenvalue weighted by molar-refractivity contribution is 7.99. The third kappa shape index (κ3) is 5.76. The highest BCUT2D eigenvalue weighted by atomic mass is 32.2. The Morgan fingerprint density at radius 3 is 2.38 bits per heavy atom. The zero-order valence-corrected chi connectivity index (χ0v) is 12.6. The summed E-state index contributed by atoms with van der Waals surface area (Å²) in [6.07, 6.45) is 3.15. The fraction of sp³-hybridized carbons (Fsp3) is 0.294. The van der Waals surface area contributed by atoms with Crippen LogP contribution in [0, 0.1) is 0 Å². The van der Waals surface area contributed by atoms with Gasteiger partial charge in [-0.1, -0.05) is 54.2 Å². The molecule has 0 radical (unpaired) electrons. The maximum atomic E-state index is 12.5. The molecule has 2 aromatic rings. The van der Waals surface area contributed by atoms with E-state index in [0.717, 1.165) is 31.5 Å². The minimum Gasteiger partial charge on any atom is -0.384 e. The van der Waals surface area contributed by atoms with Gasteiger partial charge < -0.3 is 5.32 Å². The van der Waals surface area contributed by atoms with Gasteiger partial charge in [-0.2, -0.15) is 8.78 Å². The summed E-state index contributed by atoms with van der Waals surface area (Å²) in [7, 11) is 0. The van der Waals surface area contributed by atoms with E-state index in [1.807, 2.05) is 30.3 Å². The first-order valence-electron chi connectivity index (χ1n) is 7.07. The summed E-state index contributed by atoms with van der Waals surface area (Å²) in [6.45, 7) is 0.799. The maximum Gasteiger partial charge on any atom is 0.288 e. The fourth-order valence-electron chi connectivity index (χ4n) is 2.13. The van der Waals surface area contributed by atoms with Crippen LogP contribution in [0.15, 0.2) is 59.5 Å². The molecular formula is C17H19F2NS. The Bertz CT molecular complexity index is 531. The van der Waals surface area contributed by atoms with E-state index in [1.165, 1.54) is 5.56 Å². The predicted octanol–water partition coefficient (Wildman–Crippen LogP) is 5.44. The van der Waals surface area contributed by atoms with E-state index in [2.05, 4.69) is 17.4 Å². The molecule has 0 aliphatic carbocycles. The molecule has 0 aliphatic heterocycles. The molecule has 0 amide bonds. The Kier molecular flexibility index (Phi) is 6.54. The van der Waals surface area contributed by atoms with E-state index in [4.69, 9.17) is 0 Å². The number of unbranched alkanes of at least 4 members (excludes halogenated alkanes) is 1. The summed E-state index contributed by atoms with van der Waals surface area (Å²) in [5, 5.41) is 3.25. The van der Waals surface area contributed by atoms with Gasteiger partial charge in [0.15, 0.2) is 0 Å². The van der Waals surface area contributed by atoms with Crippen LogP contribution >= 0.6 is 11.8 Å². The molecule has 112 valence electrons. The fourth-order valence-corrected chi connectivity index (χ4v) is 2.75. The summed E-state index contributed by atoms with van der Waals surface area (Å²) in [4.78, 5) is 0.607. The molecule has 0 unspecified atom stereocenters. The number of alkyl halides is 2. The number of hydrogen-bond acceptors (Lipinski definition) is 2. The highest BCUT2D eigenvalue weighted by Gasteiger charge is 2.08. The van der Waals surface area contributed by atoms with Crippen LogP contribution in [0.2, 0.25) is 0 Å². The SMILES string of the molecule is FC(F)Sc1ccccc1NCCCCc1ccccc1. The Labute approximate surface area is 128 Å². The molecule has 1 nitrogen and oxygen atoms in total. The number of para-hydroxylation sites is 1. The van der Waals surface area contributed by atoms with Gasteiger partial charge in [0, 0.05) is 17.1 Å². The van der Waals surface area contributed by atoms with E-state index in [9.17, 15) is 8.78 Å². The number of benzene rings is 2. The van der Waals surface area contributed by atoms with Crippen molar-refractivity contribution in [2.45, 2.75) is 29.9 Å². The molecule has 0 fully saturated rings. The largest absolute Gasteiger partial charge is 0.384 e. The van der Waals surface area contributed by atoms with Gasteiger partial charge in [0.2, 0.25) is 0 Å². The molecule has 0 saturated carbocycles. The zero-order chi connectivity index (χ0) is 14.9. The van der Waals surface area contributed by atoms with Crippen LogP contribution in [0.3, 0.4) is 0 Å². The lowest BCUT2D eigenvalue weighted by Gasteiger charge is -2.11. The lowest BCUT2D eigenvalue weighted by Crippen LogP contribution is -2.03. The predicted molar refractivity (Wildman–Crippen MR) is 86.2 cm³/mol. The number of thioether (sulfide) groups is 1. The monoisotopic (exact) mass is 307 g/mol. The van der Waals surface area contributed by atoms with Crippen molar-refractivity contribution in [3.63, 3.8) is 0 Å². The standard InChI is InChI=1S/C17H19F2NS/c18-17(19)21-16-12-5-4-11-15(16)20-13-7-6-10-14-8-2-1-3-9-14/h1-5,8-9,11-12,17,20H,6-7,10,13H2. The van der Waals surface area contributed by atoms with Gasteiger partial charge in [-0.15, -0.1) is 0 Å². The van der Waals surface area contributed by atoms with E-state index >= 15 is 0 Å². The second-order valence-electron chi connectivity index (χ2n) is 4.74. The first-order chi connectivity index (χ1) is 10.3. The summed E-state index contributed by atoms with van der Waals surface area (Å²) in [5.74, 6) is -2.38. The lowest BCUT2D eigenvalue weighted by molar-refractivity contribution is 0.252. The molecule has 0 bridgehead atoms. The second kappa shape index (κ2) is 8.67. The third-order valence-corrected chi connectivity index (χ3v) is 3.94. The van der Waals surface area contributed by atoms with Gasteiger partial charge in [0.1, 0.15) is 0 Å². The number of anilines is 1. The van der Waals surface area contributed by atoms with Crippen molar-refractivity contribution in [3.8, 4) is 0 Å². The molecule has 0 aliphatic rings. The summed E-state index contributed by atoms with van der Waals surface area (Å²) in [6, 6.07) is 17.6. The van der Waals surface area contributed by atoms with E-state index in [-0.39, 0.29) is 0 Å². The topological polar surface area (TPSA) is 12.0 Å². The van der Waals surface area contributed by atoms with Crippen molar-refractivity contribution in [1.82, 2.24) is 0 Å². The Balaban J connectivity index is 1.73. The molecule has 0 spiro atoms. The third-order valence-electron chi connectivity index (χ3n) is 3.15. The Morgan fingerprint density at radius 2 is 1.62 bits per heavy atom. The first kappa shape index (κ1) is 15.8. The molecule has 4 heteroatoms. The first-order valence-corrected chi connectivity index (χ1v) is 7.95. The highest BCUT2D eigenvalue weighted by Crippen LogP contribution is 2.31. The summed E-state index contributed by atoms with van der Waals surface area (Å²) < 4.78 is 24.9. The molecule has 0 atom stereocenters. The quantitative estimate of drug-likeness (QED) is 0.515. The average Bonchev–Trinajstić information content (AvgIpc) is 2.49. The molecular weight excluding hydrogens is 288 g/mol. The summed E-state index contributed by atoms with van der Waals surface area (Å²) in [5.41, 5.74) is 2.13. The molecule has 2 aromatic carbocycles. The number of aryl methyl sites for hydroxylation is 1. The number of hydrogen-bond donors (Lipinski definition) is 1. The minimum absolute atomic E-state index is 0.590. The molecule has 21 heavy (non-hydrogen) atoms. The van der Waals surface area contributed by atoms with E-state index in [0.29, 0.717) is 16.7 Å². The normalized spacial score (nSPS) is 10.8. The van der Waals surface area contributed by atoms with Crippen molar-refractivity contribution in [3.05, 3.63) is 60.2 Å². The van der Waals surface area contributed by atoms with Crippen LogP contribution in [0.5, 0.6) is 0 Å². The zero-order valence-electron chi connectivity index (χ0n) is 11.8. The van der Waals surface area contributed by atoms with Gasteiger partial charge in [-0.3, -0.25) is 0 Å². The van der Waals surface area contributed by atoms with Crippen LogP contribution < -0.4 is 5.32 Å². The lowest BCUT2D eigenvalue weighted by atomic mass is 10.1. The van der Waals surface area contributed by atoms with Crippen molar-refractivity contribution in [1.29, 1.82) is 0 Å². The smallest absolute Gasteiger partial charge is 0.288 e. The van der Waals surface area contributed by atoms with Crippen molar-refractivity contribution in [2.24, 2.45) is 0 Å². The van der Waals surface area contributed by atoms with Gasteiger partial charge in [-0.25, -0.2) is 0 Å². The van der Waals surface area contributed by atoms with Crippen LogP contribution in [0.1, 0.15) is 18.4 Å². The number of nitrogens with one attached hydrogen (secondary N) is 1. The molecule has 0 aromatic heterocycles. The number of halogens is 2. The van der Waals surface area contributed by atoms with Crippen LogP contribution in [-0.2, 0) is 6.42 Å². The van der Waals surface area contributed by atoms with Crippen molar-refractivity contribution in [2.75, 3.05) is 11.9 Å². The number of rotatable bonds is 8. The van der Waals surface area contributed by atoms with Gasteiger partial charge in [0.25, 0.3) is 5.76 Å². The molecule has 2 rings (SSSR count). The van der Waals surface area contributed by atoms with Crippen LogP contribution in [-0.4, -0.2) is 12.3 Å². The van der Waals surface area contributed by atoms with E-state index in [1.54, 1.807) is 12.1 Å². The second-order valence-corrected chi connectivity index (χ2v) is 5.78.